The Morgan fingerprint density at radius 1 is 0.256 bits per heavy atom. The predicted octanol–water partition coefficient (Wildman–Crippen LogP) is 23.0. The summed E-state index contributed by atoms with van der Waals surface area (Å²) < 4.78 is 16.9. The quantitative estimate of drug-likeness (QED) is 0.0261. The van der Waals surface area contributed by atoms with Crippen molar-refractivity contribution in [2.45, 2.75) is 277 Å². The maximum absolute atomic E-state index is 12.9. The van der Waals surface area contributed by atoms with E-state index in [0.29, 0.717) is 19.3 Å². The molecule has 0 N–H and O–H groups in total. The molecule has 6 nitrogen and oxygen atoms in total. The summed E-state index contributed by atoms with van der Waals surface area (Å²) in [5.74, 6) is -0.958. The van der Waals surface area contributed by atoms with Crippen LogP contribution in [0.3, 0.4) is 0 Å². The van der Waals surface area contributed by atoms with E-state index in [9.17, 15) is 14.4 Å². The molecule has 0 aliphatic rings. The SMILES string of the molecule is CC/C=C\C/C=C\C/C=C\C/C=C\C/C=C\C/C=C\C/C=C\C/C=C\CCCCCCCCCCC(=O)OCC(COC(=O)CCCCCCC/C=C\CCCCC)OC(=O)CCCCC/C=C\C/C=C\C/C=C\C/C=C\C/C=C\CC. The Morgan fingerprint density at radius 3 is 0.768 bits per heavy atom. The van der Waals surface area contributed by atoms with Crippen LogP contribution in [-0.4, -0.2) is 37.2 Å². The van der Waals surface area contributed by atoms with Crippen molar-refractivity contribution in [1.29, 1.82) is 0 Å². The molecule has 0 amide bonds. The van der Waals surface area contributed by atoms with E-state index >= 15 is 0 Å². The molecule has 0 bridgehead atoms. The maximum Gasteiger partial charge on any atom is 0.306 e. The van der Waals surface area contributed by atoms with Crippen LogP contribution < -0.4 is 0 Å². The van der Waals surface area contributed by atoms with Gasteiger partial charge >= 0.3 is 17.9 Å². The van der Waals surface area contributed by atoms with E-state index in [1.165, 1.54) is 64.2 Å². The highest BCUT2D eigenvalue weighted by atomic mass is 16.6. The first-order valence-electron chi connectivity index (χ1n) is 33.1. The fourth-order valence-corrected chi connectivity index (χ4v) is 8.54. The molecule has 0 radical (unpaired) electrons. The van der Waals surface area contributed by atoms with Gasteiger partial charge in [-0.3, -0.25) is 14.4 Å². The molecule has 0 heterocycles. The minimum absolute atomic E-state index is 0.105. The lowest BCUT2D eigenvalue weighted by atomic mass is 10.1. The largest absolute Gasteiger partial charge is 0.462 e. The highest BCUT2D eigenvalue weighted by molar-refractivity contribution is 5.71. The van der Waals surface area contributed by atoms with Gasteiger partial charge in [0.15, 0.2) is 6.10 Å². The zero-order valence-electron chi connectivity index (χ0n) is 52.7. The fourth-order valence-electron chi connectivity index (χ4n) is 8.54. The topological polar surface area (TPSA) is 78.9 Å². The first kappa shape index (κ1) is 76.8. The Hall–Kier alpha value is -5.23. The van der Waals surface area contributed by atoms with Crippen LogP contribution in [0.25, 0.3) is 0 Å². The molecule has 0 aromatic heterocycles. The minimum Gasteiger partial charge on any atom is -0.462 e. The number of unbranched alkanes of at least 4 members (excludes halogenated alkanes) is 19. The molecule has 1 atom stereocenters. The number of carbonyl (C=O) groups excluding carboxylic acids is 3. The first-order valence-corrected chi connectivity index (χ1v) is 33.1. The lowest BCUT2D eigenvalue weighted by Gasteiger charge is -2.18. The molecular weight excluding hydrogens is 1010 g/mol. The summed E-state index contributed by atoms with van der Waals surface area (Å²) in [5, 5.41) is 0. The van der Waals surface area contributed by atoms with Crippen molar-refractivity contribution in [2.75, 3.05) is 13.2 Å². The molecule has 0 saturated carbocycles. The van der Waals surface area contributed by atoms with Gasteiger partial charge in [0.25, 0.3) is 0 Å². The average molecular weight is 1130 g/mol. The minimum atomic E-state index is -0.811. The van der Waals surface area contributed by atoms with E-state index in [-0.39, 0.29) is 37.5 Å². The van der Waals surface area contributed by atoms with Gasteiger partial charge < -0.3 is 14.2 Å². The molecule has 0 fully saturated rings. The molecule has 0 aliphatic carbocycles. The predicted molar refractivity (Wildman–Crippen MR) is 357 cm³/mol. The van der Waals surface area contributed by atoms with Crippen molar-refractivity contribution in [2.24, 2.45) is 0 Å². The second-order valence-electron chi connectivity index (χ2n) is 21.3. The van der Waals surface area contributed by atoms with E-state index in [2.05, 4.69) is 191 Å². The van der Waals surface area contributed by atoms with Crippen LogP contribution in [0.5, 0.6) is 0 Å². The molecule has 6 heteroatoms. The van der Waals surface area contributed by atoms with Crippen LogP contribution in [0.1, 0.15) is 271 Å². The maximum atomic E-state index is 12.9. The Balaban J connectivity index is 4.35. The van der Waals surface area contributed by atoms with Crippen LogP contribution >= 0.6 is 0 Å². The molecule has 1 unspecified atom stereocenters. The Bertz CT molecular complexity index is 1870. The normalized spacial score (nSPS) is 13.3. The van der Waals surface area contributed by atoms with Gasteiger partial charge in [-0.05, 0) is 154 Å². The number of allylic oxidation sites excluding steroid dienone is 28. The number of hydrogen-bond donors (Lipinski definition) is 0. The average Bonchev–Trinajstić information content (AvgIpc) is 3.47. The Kier molecular flexibility index (Phi) is 63.9. The van der Waals surface area contributed by atoms with Gasteiger partial charge in [0.2, 0.25) is 0 Å². The lowest BCUT2D eigenvalue weighted by molar-refractivity contribution is -0.167. The van der Waals surface area contributed by atoms with Crippen molar-refractivity contribution >= 4 is 17.9 Å². The number of esters is 3. The number of rotatable bonds is 58. The van der Waals surface area contributed by atoms with E-state index in [1.54, 1.807) is 0 Å². The second-order valence-corrected chi connectivity index (χ2v) is 21.3. The van der Waals surface area contributed by atoms with Crippen LogP contribution in [0.4, 0.5) is 0 Å². The number of hydrogen-bond acceptors (Lipinski definition) is 6. The summed E-state index contributed by atoms with van der Waals surface area (Å²) in [5.41, 5.74) is 0. The Labute approximate surface area is 504 Å². The van der Waals surface area contributed by atoms with E-state index in [0.717, 1.165) is 161 Å². The third-order valence-electron chi connectivity index (χ3n) is 13.4. The van der Waals surface area contributed by atoms with Gasteiger partial charge in [0, 0.05) is 19.3 Å². The number of ether oxygens (including phenoxy) is 3. The van der Waals surface area contributed by atoms with Crippen molar-refractivity contribution in [3.8, 4) is 0 Å². The molecular formula is C76H120O6. The summed E-state index contributed by atoms with van der Waals surface area (Å²) in [7, 11) is 0. The van der Waals surface area contributed by atoms with Gasteiger partial charge in [0.1, 0.15) is 13.2 Å². The van der Waals surface area contributed by atoms with Crippen LogP contribution in [-0.2, 0) is 28.6 Å². The summed E-state index contributed by atoms with van der Waals surface area (Å²) in [6.45, 7) is 6.34. The monoisotopic (exact) mass is 1130 g/mol. The molecule has 0 rings (SSSR count). The molecule has 0 aliphatic heterocycles. The smallest absolute Gasteiger partial charge is 0.306 e. The summed E-state index contributed by atoms with van der Waals surface area (Å²) in [6, 6.07) is 0. The zero-order valence-corrected chi connectivity index (χ0v) is 52.7. The van der Waals surface area contributed by atoms with Gasteiger partial charge in [-0.2, -0.15) is 0 Å². The summed E-state index contributed by atoms with van der Waals surface area (Å²) in [6.07, 6.45) is 101. The molecule has 0 saturated heterocycles. The van der Waals surface area contributed by atoms with E-state index in [1.807, 2.05) is 0 Å². The lowest BCUT2D eigenvalue weighted by Crippen LogP contribution is -2.30. The van der Waals surface area contributed by atoms with E-state index < -0.39 is 6.10 Å². The van der Waals surface area contributed by atoms with Gasteiger partial charge in [-0.25, -0.2) is 0 Å². The third-order valence-corrected chi connectivity index (χ3v) is 13.4. The van der Waals surface area contributed by atoms with Crippen molar-refractivity contribution in [3.63, 3.8) is 0 Å². The van der Waals surface area contributed by atoms with Gasteiger partial charge in [-0.1, -0.05) is 268 Å². The van der Waals surface area contributed by atoms with Crippen LogP contribution in [0.2, 0.25) is 0 Å². The summed E-state index contributed by atoms with van der Waals surface area (Å²) in [4.78, 5) is 38.3. The molecule has 0 aromatic carbocycles. The first-order chi connectivity index (χ1) is 40.5. The summed E-state index contributed by atoms with van der Waals surface area (Å²) >= 11 is 0. The fraction of sp³-hybridized carbons (Fsp3) is 0.592. The zero-order chi connectivity index (χ0) is 59.2. The molecule has 460 valence electrons. The third kappa shape index (κ3) is 65.6. The highest BCUT2D eigenvalue weighted by Crippen LogP contribution is 2.14. The van der Waals surface area contributed by atoms with Crippen LogP contribution in [0.15, 0.2) is 170 Å². The van der Waals surface area contributed by atoms with E-state index in [4.69, 9.17) is 14.2 Å². The molecule has 0 spiro atoms. The van der Waals surface area contributed by atoms with Gasteiger partial charge in [0.05, 0.1) is 0 Å². The van der Waals surface area contributed by atoms with Crippen LogP contribution in [0, 0.1) is 0 Å². The standard InChI is InChI=1S/C76H120O6/c1-4-7-10-13-16-19-22-25-27-29-31-32-33-34-35-36-37-38-39-40-41-42-43-44-46-47-49-51-54-57-60-63-66-69-75(78)81-72-73(71-80-74(77)68-65-62-59-56-53-24-21-18-15-12-9-6-3)82-76(79)70-67-64-61-58-55-52-50-48-45-30-28-26-23-20-17-14-11-8-5-2/h7-8,10-11,16-21,25-28,31-32,34-35,37-38,40-41,43-45,48,52,55,73H,4-6,9,12-15,22-24,29-30,33,36,39,42,46-47,49-51,53-54,56-72H2,1-3H3/b10-7-,11-8-,19-16-,20-17-,21-18-,27-25-,28-26-,32-31-,35-34-,38-37-,41-40-,44-43-,48-45-,55-52-. The van der Waals surface area contributed by atoms with Crippen molar-refractivity contribution in [3.05, 3.63) is 170 Å². The highest BCUT2D eigenvalue weighted by Gasteiger charge is 2.19. The van der Waals surface area contributed by atoms with Crippen molar-refractivity contribution < 1.29 is 28.6 Å². The molecule has 0 aromatic rings. The Morgan fingerprint density at radius 2 is 0.476 bits per heavy atom. The van der Waals surface area contributed by atoms with Gasteiger partial charge in [-0.15, -0.1) is 0 Å². The van der Waals surface area contributed by atoms with Crippen molar-refractivity contribution in [1.82, 2.24) is 0 Å². The number of carbonyl (C=O) groups is 3. The molecule has 82 heavy (non-hydrogen) atoms. The second kappa shape index (κ2) is 68.3.